The van der Waals surface area contributed by atoms with E-state index in [1.807, 2.05) is 44.2 Å². The monoisotopic (exact) mass is 593 g/mol. The second kappa shape index (κ2) is 13.2. The van der Waals surface area contributed by atoms with Crippen molar-refractivity contribution >= 4 is 40.7 Å². The zero-order valence-electron chi connectivity index (χ0n) is 26.0. The lowest BCUT2D eigenvalue weighted by Crippen LogP contribution is -2.61. The summed E-state index contributed by atoms with van der Waals surface area (Å²) in [5.41, 5.74) is 4.95. The average Bonchev–Trinajstić information content (AvgIpc) is 2.97. The van der Waals surface area contributed by atoms with E-state index in [1.165, 1.54) is 5.01 Å². The number of methoxy groups -OCH3 is 1. The van der Waals surface area contributed by atoms with Gasteiger partial charge in [-0.05, 0) is 64.2 Å². The molecule has 5 bridgehead atoms. The molecule has 11 nitrogen and oxygen atoms in total. The van der Waals surface area contributed by atoms with Crippen LogP contribution >= 0.6 is 0 Å². The van der Waals surface area contributed by atoms with Crippen LogP contribution in [0, 0.1) is 11.3 Å². The van der Waals surface area contributed by atoms with E-state index in [4.69, 9.17) is 14.5 Å². The van der Waals surface area contributed by atoms with Crippen molar-refractivity contribution in [3.05, 3.63) is 47.2 Å². The Labute approximate surface area is 252 Å². The number of hydrogen-bond acceptors (Lipinski definition) is 8. The first-order chi connectivity index (χ1) is 20.3. The third-order valence-electron chi connectivity index (χ3n) is 7.91. The minimum Gasteiger partial charge on any atom is -0.455 e. The zero-order chi connectivity index (χ0) is 31.5. The van der Waals surface area contributed by atoms with Gasteiger partial charge in [0.1, 0.15) is 24.2 Å². The number of pyridine rings is 1. The molecule has 3 heterocycles. The first kappa shape index (κ1) is 32.1. The summed E-state index contributed by atoms with van der Waals surface area (Å²) < 4.78 is 11.3. The van der Waals surface area contributed by atoms with Gasteiger partial charge in [-0.25, -0.2) is 10.4 Å². The molecule has 2 aliphatic heterocycles. The molecule has 1 aromatic heterocycles. The van der Waals surface area contributed by atoms with Crippen LogP contribution in [0.1, 0.15) is 77.3 Å². The number of hydrogen-bond donors (Lipinski definition) is 3. The summed E-state index contributed by atoms with van der Waals surface area (Å²) in [5, 5.41) is 7.88. The van der Waals surface area contributed by atoms with Crippen LogP contribution in [0.4, 0.5) is 0 Å². The predicted molar refractivity (Wildman–Crippen MR) is 162 cm³/mol. The maximum absolute atomic E-state index is 13.4. The normalized spacial score (nSPS) is 25.4. The third kappa shape index (κ3) is 7.40. The minimum absolute atomic E-state index is 0.231. The number of amides is 3. The van der Waals surface area contributed by atoms with E-state index in [0.717, 1.165) is 16.5 Å². The van der Waals surface area contributed by atoms with E-state index in [1.54, 1.807) is 40.9 Å². The highest BCUT2D eigenvalue weighted by molar-refractivity contribution is 5.94. The Morgan fingerprint density at radius 3 is 2.56 bits per heavy atom. The Morgan fingerprint density at radius 1 is 1.12 bits per heavy atom. The Kier molecular flexibility index (Phi) is 9.86. The zero-order valence-corrected chi connectivity index (χ0v) is 26.0. The number of rotatable bonds is 3. The van der Waals surface area contributed by atoms with Crippen LogP contribution in [0.2, 0.25) is 0 Å². The van der Waals surface area contributed by atoms with Gasteiger partial charge in [-0.2, -0.15) is 0 Å². The maximum Gasteiger partial charge on any atom is 0.325 e. The van der Waals surface area contributed by atoms with Crippen molar-refractivity contribution in [2.75, 3.05) is 13.7 Å². The molecule has 2 aliphatic rings. The van der Waals surface area contributed by atoms with Gasteiger partial charge in [0.25, 0.3) is 5.91 Å². The molecule has 1 unspecified atom stereocenters. The summed E-state index contributed by atoms with van der Waals surface area (Å²) in [6, 6.07) is 5.28. The molecule has 2 aromatic rings. The number of hydrazine groups is 1. The Hall–Kier alpha value is -3.83. The van der Waals surface area contributed by atoms with E-state index < -0.39 is 47.4 Å². The van der Waals surface area contributed by atoms with E-state index >= 15 is 0 Å². The molecular weight excluding hydrogens is 550 g/mol. The van der Waals surface area contributed by atoms with E-state index in [2.05, 4.69) is 16.1 Å². The number of cyclic esters (lactones) is 1. The maximum atomic E-state index is 13.4. The van der Waals surface area contributed by atoms with Crippen LogP contribution in [0.3, 0.4) is 0 Å². The van der Waals surface area contributed by atoms with Gasteiger partial charge in [0, 0.05) is 24.6 Å². The standard InChI is InChI=1S/C32H43N5O6/c1-18(2)26-28(38)33-19(3)29(39)37-14-8-9-24(36-37)30(40)43-20(4)27-23(17-42-7)16-22-11-10-21(15-25(22)34-27)12-13-32(5,6)31(41)35-26/h10-13,15-16,18-20,24,26,36H,8-9,14,17H2,1-7H3,(H,33,38)(H,35,41)/t19-,20+,24-,26?/m0/s1. The number of nitrogens with one attached hydrogen (secondary N) is 3. The summed E-state index contributed by atoms with van der Waals surface area (Å²) in [5.74, 6) is -1.90. The highest BCUT2D eigenvalue weighted by Crippen LogP contribution is 2.28. The molecule has 3 N–H and O–H groups in total. The molecule has 1 fully saturated rings. The fourth-order valence-electron chi connectivity index (χ4n) is 5.24. The summed E-state index contributed by atoms with van der Waals surface area (Å²) >= 11 is 0. The highest BCUT2D eigenvalue weighted by Gasteiger charge is 2.35. The average molecular weight is 594 g/mol. The number of fused-ring (bicyclic) bond motifs is 4. The summed E-state index contributed by atoms with van der Waals surface area (Å²) in [6.07, 6.45) is 4.01. The van der Waals surface area contributed by atoms with Crippen molar-refractivity contribution in [3.8, 4) is 0 Å². The number of nitrogens with zero attached hydrogens (tertiary/aromatic N) is 2. The number of aromatic nitrogens is 1. The van der Waals surface area contributed by atoms with Gasteiger partial charge >= 0.3 is 5.97 Å². The fraction of sp³-hybridized carbons (Fsp3) is 0.531. The second-order valence-electron chi connectivity index (χ2n) is 12.3. The second-order valence-corrected chi connectivity index (χ2v) is 12.3. The number of carbonyl (C=O) groups is 4. The lowest BCUT2D eigenvalue weighted by atomic mass is 9.89. The molecule has 0 radical (unpaired) electrons. The Bertz CT molecular complexity index is 1420. The van der Waals surface area contributed by atoms with Crippen molar-refractivity contribution in [1.29, 1.82) is 0 Å². The predicted octanol–water partition coefficient (Wildman–Crippen LogP) is 3.18. The van der Waals surface area contributed by atoms with E-state index in [-0.39, 0.29) is 18.4 Å². The van der Waals surface area contributed by atoms with Gasteiger partial charge in [0.15, 0.2) is 0 Å². The van der Waals surface area contributed by atoms with Gasteiger partial charge in [0.2, 0.25) is 11.8 Å². The van der Waals surface area contributed by atoms with Crippen molar-refractivity contribution in [1.82, 2.24) is 26.1 Å². The molecular formula is C32H43N5O6. The molecule has 232 valence electrons. The molecule has 4 rings (SSSR count). The van der Waals surface area contributed by atoms with Crippen molar-refractivity contribution < 1.29 is 28.7 Å². The van der Waals surface area contributed by atoms with Crippen LogP contribution in [0.25, 0.3) is 17.0 Å². The topological polar surface area (TPSA) is 139 Å². The van der Waals surface area contributed by atoms with Crippen LogP contribution in [0.15, 0.2) is 30.3 Å². The molecule has 11 heteroatoms. The number of benzene rings is 1. The molecule has 4 atom stereocenters. The molecule has 43 heavy (non-hydrogen) atoms. The first-order valence-corrected chi connectivity index (χ1v) is 14.8. The largest absolute Gasteiger partial charge is 0.455 e. The van der Waals surface area contributed by atoms with Gasteiger partial charge in [-0.15, -0.1) is 0 Å². The van der Waals surface area contributed by atoms with E-state index in [9.17, 15) is 19.2 Å². The lowest BCUT2D eigenvalue weighted by molar-refractivity contribution is -0.157. The molecule has 1 saturated heterocycles. The van der Waals surface area contributed by atoms with Gasteiger partial charge in [0.05, 0.1) is 23.2 Å². The molecule has 1 aromatic carbocycles. The van der Waals surface area contributed by atoms with Crippen LogP contribution in [0.5, 0.6) is 0 Å². The van der Waals surface area contributed by atoms with Gasteiger partial charge in [-0.3, -0.25) is 24.2 Å². The number of carbonyl (C=O) groups excluding carboxylic acids is 4. The first-order valence-electron chi connectivity index (χ1n) is 14.8. The molecule has 0 aliphatic carbocycles. The highest BCUT2D eigenvalue weighted by atomic mass is 16.5. The smallest absolute Gasteiger partial charge is 0.325 e. The number of esters is 1. The van der Waals surface area contributed by atoms with Crippen molar-refractivity contribution in [3.63, 3.8) is 0 Å². The molecule has 0 saturated carbocycles. The quantitative estimate of drug-likeness (QED) is 0.462. The van der Waals surface area contributed by atoms with E-state index in [0.29, 0.717) is 30.6 Å². The summed E-state index contributed by atoms with van der Waals surface area (Å²) in [4.78, 5) is 58.1. The van der Waals surface area contributed by atoms with Crippen LogP contribution in [-0.2, 0) is 35.3 Å². The lowest BCUT2D eigenvalue weighted by Gasteiger charge is -2.35. The number of ether oxygens (including phenoxy) is 2. The van der Waals surface area contributed by atoms with Gasteiger partial charge < -0.3 is 20.1 Å². The Balaban J connectivity index is 1.76. The SMILES string of the molecule is COCc1cc2ccc3cc2nc1[C@@H](C)OC(=O)[C@@H]1CCCN(N1)C(=O)[C@H](C)NC(=O)C(C(C)C)NC(=O)C(C)(C)C=C3. The Morgan fingerprint density at radius 2 is 1.86 bits per heavy atom. The summed E-state index contributed by atoms with van der Waals surface area (Å²) in [6.45, 7) is 11.2. The van der Waals surface area contributed by atoms with Crippen LogP contribution in [-0.4, -0.2) is 65.5 Å². The summed E-state index contributed by atoms with van der Waals surface area (Å²) in [7, 11) is 1.60. The molecule has 0 spiro atoms. The fourth-order valence-corrected chi connectivity index (χ4v) is 5.24. The van der Waals surface area contributed by atoms with Crippen molar-refractivity contribution in [2.24, 2.45) is 11.3 Å². The molecule has 3 amide bonds. The van der Waals surface area contributed by atoms with Crippen LogP contribution < -0.4 is 16.1 Å². The minimum atomic E-state index is -0.946. The van der Waals surface area contributed by atoms with Gasteiger partial charge in [-0.1, -0.05) is 38.1 Å². The third-order valence-corrected chi connectivity index (χ3v) is 7.91. The van der Waals surface area contributed by atoms with Crippen molar-refractivity contribution in [2.45, 2.75) is 85.2 Å².